The van der Waals surface area contributed by atoms with Crippen molar-refractivity contribution in [1.29, 1.82) is 0 Å². The molecule has 3 heteroatoms. The molecule has 0 aliphatic carbocycles. The standard InChI is InChI=1S/C12H23NO2/c1-9(2)7-11(13(5)6)8-15-12(14)10(3)4/h9,11H,3,7-8H2,1-2,4-6H3. The molecule has 0 amide bonds. The van der Waals surface area contributed by atoms with Crippen LogP contribution in [-0.2, 0) is 9.53 Å². The fraction of sp³-hybridized carbons (Fsp3) is 0.750. The molecule has 0 saturated carbocycles. The summed E-state index contributed by atoms with van der Waals surface area (Å²) in [6, 6.07) is 0.285. The molecule has 15 heavy (non-hydrogen) atoms. The van der Waals surface area contributed by atoms with Crippen LogP contribution in [0.25, 0.3) is 0 Å². The van der Waals surface area contributed by atoms with Gasteiger partial charge in [-0.3, -0.25) is 0 Å². The van der Waals surface area contributed by atoms with Gasteiger partial charge in [-0.2, -0.15) is 0 Å². The first-order valence-corrected chi connectivity index (χ1v) is 5.33. The number of likely N-dealkylation sites (N-methyl/N-ethyl adjacent to an activating group) is 1. The van der Waals surface area contributed by atoms with Gasteiger partial charge >= 0.3 is 5.97 Å². The smallest absolute Gasteiger partial charge is 0.333 e. The fourth-order valence-corrected chi connectivity index (χ4v) is 1.27. The lowest BCUT2D eigenvalue weighted by molar-refractivity contribution is -0.140. The third-order valence-corrected chi connectivity index (χ3v) is 2.23. The molecule has 0 aromatic heterocycles. The van der Waals surface area contributed by atoms with Crippen LogP contribution in [-0.4, -0.2) is 37.6 Å². The second-order valence-electron chi connectivity index (χ2n) is 4.63. The minimum atomic E-state index is -0.300. The van der Waals surface area contributed by atoms with Crippen molar-refractivity contribution < 1.29 is 9.53 Å². The van der Waals surface area contributed by atoms with Crippen molar-refractivity contribution in [3.63, 3.8) is 0 Å². The summed E-state index contributed by atoms with van der Waals surface area (Å²) in [5.41, 5.74) is 0.456. The van der Waals surface area contributed by atoms with E-state index in [1.807, 2.05) is 14.1 Å². The van der Waals surface area contributed by atoms with Crippen LogP contribution in [0, 0.1) is 5.92 Å². The maximum atomic E-state index is 11.2. The van der Waals surface area contributed by atoms with E-state index in [-0.39, 0.29) is 12.0 Å². The molecule has 0 aliphatic rings. The molecule has 0 spiro atoms. The first-order valence-electron chi connectivity index (χ1n) is 5.33. The van der Waals surface area contributed by atoms with Gasteiger partial charge in [-0.05, 0) is 33.4 Å². The average Bonchev–Trinajstić information content (AvgIpc) is 2.10. The summed E-state index contributed by atoms with van der Waals surface area (Å²) in [4.78, 5) is 13.3. The van der Waals surface area contributed by atoms with Gasteiger partial charge in [0.15, 0.2) is 0 Å². The molecule has 0 aromatic carbocycles. The molecule has 0 bridgehead atoms. The summed E-state index contributed by atoms with van der Waals surface area (Å²) in [5.74, 6) is 0.298. The Labute approximate surface area is 93.1 Å². The third kappa shape index (κ3) is 6.28. The Morgan fingerprint density at radius 2 is 1.93 bits per heavy atom. The van der Waals surface area contributed by atoms with Crippen molar-refractivity contribution in [3.8, 4) is 0 Å². The lowest BCUT2D eigenvalue weighted by Crippen LogP contribution is -2.34. The van der Waals surface area contributed by atoms with Crippen molar-refractivity contribution in [1.82, 2.24) is 4.90 Å². The van der Waals surface area contributed by atoms with Crippen LogP contribution < -0.4 is 0 Å². The second-order valence-corrected chi connectivity index (χ2v) is 4.63. The Hall–Kier alpha value is -0.830. The maximum Gasteiger partial charge on any atom is 0.333 e. The zero-order valence-corrected chi connectivity index (χ0v) is 10.5. The monoisotopic (exact) mass is 213 g/mol. The second kappa shape index (κ2) is 6.62. The highest BCUT2D eigenvalue weighted by Gasteiger charge is 2.15. The van der Waals surface area contributed by atoms with Gasteiger partial charge in [-0.15, -0.1) is 0 Å². The SMILES string of the molecule is C=C(C)C(=O)OCC(CC(C)C)N(C)C. The molecule has 1 atom stereocenters. The lowest BCUT2D eigenvalue weighted by Gasteiger charge is -2.25. The highest BCUT2D eigenvalue weighted by molar-refractivity contribution is 5.86. The van der Waals surface area contributed by atoms with Gasteiger partial charge in [0, 0.05) is 11.6 Å². The largest absolute Gasteiger partial charge is 0.461 e. The first kappa shape index (κ1) is 14.2. The van der Waals surface area contributed by atoms with E-state index in [2.05, 4.69) is 25.3 Å². The van der Waals surface area contributed by atoms with Gasteiger partial charge in [0.1, 0.15) is 6.61 Å². The molecule has 88 valence electrons. The van der Waals surface area contributed by atoms with Gasteiger partial charge in [-0.25, -0.2) is 4.79 Å². The summed E-state index contributed by atoms with van der Waals surface area (Å²) in [6.45, 7) is 9.98. The van der Waals surface area contributed by atoms with Crippen LogP contribution in [0.1, 0.15) is 27.2 Å². The predicted molar refractivity (Wildman–Crippen MR) is 62.7 cm³/mol. The molecule has 3 nitrogen and oxygen atoms in total. The van der Waals surface area contributed by atoms with E-state index in [0.29, 0.717) is 18.1 Å². The van der Waals surface area contributed by atoms with Gasteiger partial charge < -0.3 is 9.64 Å². The van der Waals surface area contributed by atoms with E-state index in [1.165, 1.54) is 0 Å². The molecule has 0 radical (unpaired) electrons. The molecular formula is C12H23NO2. The van der Waals surface area contributed by atoms with Crippen molar-refractivity contribution >= 4 is 5.97 Å². The van der Waals surface area contributed by atoms with Crippen molar-refractivity contribution in [2.24, 2.45) is 5.92 Å². The lowest BCUT2D eigenvalue weighted by atomic mass is 10.0. The highest BCUT2D eigenvalue weighted by Crippen LogP contribution is 2.10. The summed E-state index contributed by atoms with van der Waals surface area (Å²) >= 11 is 0. The van der Waals surface area contributed by atoms with Crippen LogP contribution in [0.15, 0.2) is 12.2 Å². The Morgan fingerprint density at radius 1 is 1.40 bits per heavy atom. The summed E-state index contributed by atoms with van der Waals surface area (Å²) in [6.07, 6.45) is 1.02. The van der Waals surface area contributed by atoms with Gasteiger partial charge in [0.25, 0.3) is 0 Å². The van der Waals surface area contributed by atoms with Crippen molar-refractivity contribution in [2.45, 2.75) is 33.2 Å². The number of hydrogen-bond donors (Lipinski definition) is 0. The number of esters is 1. The van der Waals surface area contributed by atoms with Gasteiger partial charge in [0.2, 0.25) is 0 Å². The molecule has 0 saturated heterocycles. The summed E-state index contributed by atoms with van der Waals surface area (Å²) < 4.78 is 5.15. The van der Waals surface area contributed by atoms with Crippen LogP contribution in [0.3, 0.4) is 0 Å². The van der Waals surface area contributed by atoms with Crippen molar-refractivity contribution in [3.05, 3.63) is 12.2 Å². The van der Waals surface area contributed by atoms with E-state index in [9.17, 15) is 4.79 Å². The number of rotatable bonds is 6. The van der Waals surface area contributed by atoms with E-state index in [1.54, 1.807) is 6.92 Å². The molecule has 0 fully saturated rings. The molecule has 0 aliphatic heterocycles. The quantitative estimate of drug-likeness (QED) is 0.500. The minimum absolute atomic E-state index is 0.285. The molecular weight excluding hydrogens is 190 g/mol. The molecule has 0 heterocycles. The predicted octanol–water partition coefficient (Wildman–Crippen LogP) is 2.08. The summed E-state index contributed by atoms with van der Waals surface area (Å²) in [7, 11) is 4.00. The van der Waals surface area contributed by atoms with Crippen LogP contribution in [0.4, 0.5) is 0 Å². The van der Waals surface area contributed by atoms with Crippen LogP contribution in [0.5, 0.6) is 0 Å². The van der Waals surface area contributed by atoms with Gasteiger partial charge in [-0.1, -0.05) is 20.4 Å². The normalized spacial score (nSPS) is 13.0. The molecule has 1 unspecified atom stereocenters. The highest BCUT2D eigenvalue weighted by atomic mass is 16.5. The third-order valence-electron chi connectivity index (χ3n) is 2.23. The average molecular weight is 213 g/mol. The van der Waals surface area contributed by atoms with Gasteiger partial charge in [0.05, 0.1) is 0 Å². The molecule has 0 N–H and O–H groups in total. The summed E-state index contributed by atoms with van der Waals surface area (Å²) in [5, 5.41) is 0. The zero-order valence-electron chi connectivity index (χ0n) is 10.5. The molecule has 0 aromatic rings. The maximum absolute atomic E-state index is 11.2. The van der Waals surface area contributed by atoms with E-state index in [0.717, 1.165) is 6.42 Å². The van der Waals surface area contributed by atoms with E-state index < -0.39 is 0 Å². The topological polar surface area (TPSA) is 29.5 Å². The number of hydrogen-bond acceptors (Lipinski definition) is 3. The fourth-order valence-electron chi connectivity index (χ4n) is 1.27. The Morgan fingerprint density at radius 3 is 2.27 bits per heavy atom. The van der Waals surface area contributed by atoms with Crippen LogP contribution >= 0.6 is 0 Å². The van der Waals surface area contributed by atoms with Crippen LogP contribution in [0.2, 0.25) is 0 Å². The zero-order chi connectivity index (χ0) is 12.0. The Bertz CT molecular complexity index is 222. The first-order chi connectivity index (χ1) is 6.84. The molecule has 0 rings (SSSR count). The number of carbonyl (C=O) groups is 1. The van der Waals surface area contributed by atoms with E-state index >= 15 is 0 Å². The Kier molecular flexibility index (Phi) is 6.25. The number of nitrogens with zero attached hydrogens (tertiary/aromatic N) is 1. The van der Waals surface area contributed by atoms with E-state index in [4.69, 9.17) is 4.74 Å². The Balaban J connectivity index is 4.07. The van der Waals surface area contributed by atoms with Crippen molar-refractivity contribution in [2.75, 3.05) is 20.7 Å². The number of ether oxygens (including phenoxy) is 1. The number of carbonyl (C=O) groups excluding carboxylic acids is 1. The minimum Gasteiger partial charge on any atom is -0.461 e.